The van der Waals surface area contributed by atoms with E-state index < -0.39 is 0 Å². The number of nitrogens with one attached hydrogen (secondary N) is 3. The van der Waals surface area contributed by atoms with E-state index in [-0.39, 0.29) is 11.9 Å². The third-order valence-electron chi connectivity index (χ3n) is 5.46. The summed E-state index contributed by atoms with van der Waals surface area (Å²) in [6.45, 7) is 0.844. The van der Waals surface area contributed by atoms with Gasteiger partial charge in [-0.05, 0) is 47.5 Å². The fraction of sp³-hybridized carbons (Fsp3) is 0.0741. The van der Waals surface area contributed by atoms with E-state index in [1.165, 1.54) is 0 Å². The van der Waals surface area contributed by atoms with Gasteiger partial charge < -0.3 is 16.0 Å². The van der Waals surface area contributed by atoms with Gasteiger partial charge in [0.15, 0.2) is 5.65 Å². The number of nitrogens with zero attached hydrogens (tertiary/aromatic N) is 4. The Morgan fingerprint density at radius 2 is 1.61 bits per heavy atom. The molecule has 0 aliphatic carbocycles. The van der Waals surface area contributed by atoms with E-state index in [2.05, 4.69) is 31.0 Å². The van der Waals surface area contributed by atoms with Crippen LogP contribution in [-0.2, 0) is 13.1 Å². The lowest BCUT2D eigenvalue weighted by atomic mass is 10.2. The first-order valence-electron chi connectivity index (χ1n) is 11.3. The summed E-state index contributed by atoms with van der Waals surface area (Å²) >= 11 is 0. The maximum Gasteiger partial charge on any atom is 0.323 e. The van der Waals surface area contributed by atoms with E-state index >= 15 is 0 Å². The van der Waals surface area contributed by atoms with Gasteiger partial charge in [0, 0.05) is 41.9 Å². The van der Waals surface area contributed by atoms with Crippen molar-refractivity contribution in [1.82, 2.24) is 25.1 Å². The van der Waals surface area contributed by atoms with Crippen molar-refractivity contribution >= 4 is 34.3 Å². The van der Waals surface area contributed by atoms with Crippen LogP contribution in [-0.4, -0.2) is 31.7 Å². The molecule has 0 unspecified atom stereocenters. The molecule has 178 valence electrons. The van der Waals surface area contributed by atoms with E-state index in [0.717, 1.165) is 16.5 Å². The molecule has 0 aliphatic rings. The molecule has 0 fully saturated rings. The number of benzene rings is 2. The highest BCUT2D eigenvalue weighted by molar-refractivity contribution is 6.00. The number of aromatic nitrogens is 4. The molecule has 5 aromatic rings. The number of urea groups is 1. The average Bonchev–Trinajstić information content (AvgIpc) is 3.30. The fourth-order valence-electron chi connectivity index (χ4n) is 3.73. The van der Waals surface area contributed by atoms with Crippen molar-refractivity contribution in [3.05, 3.63) is 114 Å². The summed E-state index contributed by atoms with van der Waals surface area (Å²) in [5.74, 6) is -0.246. The van der Waals surface area contributed by atoms with Crippen LogP contribution >= 0.6 is 0 Å². The second kappa shape index (κ2) is 10.5. The van der Waals surface area contributed by atoms with Crippen molar-refractivity contribution in [1.29, 1.82) is 0 Å². The Morgan fingerprint density at radius 3 is 2.44 bits per heavy atom. The molecule has 0 atom stereocenters. The van der Waals surface area contributed by atoms with Gasteiger partial charge in [0.05, 0.1) is 18.3 Å². The topological polar surface area (TPSA) is 114 Å². The Hall–Kier alpha value is -5.05. The molecule has 0 radical (unpaired) electrons. The zero-order chi connectivity index (χ0) is 24.7. The molecule has 5 rings (SSSR count). The van der Waals surface area contributed by atoms with Gasteiger partial charge in [0.25, 0.3) is 5.91 Å². The molecule has 0 spiro atoms. The van der Waals surface area contributed by atoms with Gasteiger partial charge in [-0.25, -0.2) is 14.5 Å². The predicted octanol–water partition coefficient (Wildman–Crippen LogP) is 4.45. The number of carbonyl (C=O) groups is 2. The summed E-state index contributed by atoms with van der Waals surface area (Å²) in [6, 6.07) is 21.8. The molecular weight excluding hydrogens is 454 g/mol. The van der Waals surface area contributed by atoms with E-state index in [1.807, 2.05) is 60.7 Å². The number of anilines is 2. The molecule has 0 saturated carbocycles. The number of carbonyl (C=O) groups excluding carboxylic acids is 2. The zero-order valence-corrected chi connectivity index (χ0v) is 19.3. The van der Waals surface area contributed by atoms with Crippen LogP contribution in [0.1, 0.15) is 21.5 Å². The second-order valence-corrected chi connectivity index (χ2v) is 8.13. The van der Waals surface area contributed by atoms with Crippen LogP contribution < -0.4 is 16.0 Å². The molecule has 0 aliphatic heterocycles. The molecule has 0 bridgehead atoms. The van der Waals surface area contributed by atoms with Gasteiger partial charge >= 0.3 is 6.03 Å². The summed E-state index contributed by atoms with van der Waals surface area (Å²) in [6.07, 6.45) is 6.76. The third kappa shape index (κ3) is 5.53. The van der Waals surface area contributed by atoms with Crippen molar-refractivity contribution in [2.75, 3.05) is 10.6 Å². The predicted molar refractivity (Wildman–Crippen MR) is 138 cm³/mol. The van der Waals surface area contributed by atoms with Gasteiger partial charge in [-0.1, -0.05) is 36.4 Å². The number of fused-ring (bicyclic) bond motifs is 1. The zero-order valence-electron chi connectivity index (χ0n) is 19.3. The highest BCUT2D eigenvalue weighted by atomic mass is 16.2. The van der Waals surface area contributed by atoms with Gasteiger partial charge in [0.2, 0.25) is 0 Å². The Balaban J connectivity index is 1.19. The van der Waals surface area contributed by atoms with Crippen molar-refractivity contribution < 1.29 is 9.59 Å². The minimum atomic E-state index is -0.342. The van der Waals surface area contributed by atoms with E-state index in [0.29, 0.717) is 35.7 Å². The summed E-state index contributed by atoms with van der Waals surface area (Å²) in [5.41, 5.74) is 4.33. The van der Waals surface area contributed by atoms with Gasteiger partial charge in [0.1, 0.15) is 0 Å². The molecule has 2 aromatic carbocycles. The number of hydrogen-bond acceptors (Lipinski definition) is 5. The van der Waals surface area contributed by atoms with Crippen LogP contribution in [0.15, 0.2) is 97.6 Å². The normalized spacial score (nSPS) is 10.7. The van der Waals surface area contributed by atoms with Crippen LogP contribution in [0, 0.1) is 0 Å². The van der Waals surface area contributed by atoms with Crippen molar-refractivity contribution in [2.45, 2.75) is 13.1 Å². The highest BCUT2D eigenvalue weighted by Gasteiger charge is 2.11. The largest absolute Gasteiger partial charge is 0.348 e. The molecular formula is C27H23N7O2. The van der Waals surface area contributed by atoms with Crippen molar-refractivity contribution in [3.63, 3.8) is 0 Å². The lowest BCUT2D eigenvalue weighted by molar-refractivity contribution is 0.0950. The maximum atomic E-state index is 12.8. The molecule has 3 heterocycles. The molecule has 9 nitrogen and oxygen atoms in total. The van der Waals surface area contributed by atoms with Crippen molar-refractivity contribution in [3.8, 4) is 0 Å². The Morgan fingerprint density at radius 1 is 0.806 bits per heavy atom. The summed E-state index contributed by atoms with van der Waals surface area (Å²) in [4.78, 5) is 33.6. The van der Waals surface area contributed by atoms with Crippen LogP contribution in [0.25, 0.3) is 11.0 Å². The quantitative estimate of drug-likeness (QED) is 0.321. The minimum Gasteiger partial charge on any atom is -0.348 e. The van der Waals surface area contributed by atoms with Crippen LogP contribution in [0.4, 0.5) is 16.2 Å². The number of amides is 3. The van der Waals surface area contributed by atoms with Crippen LogP contribution in [0.5, 0.6) is 0 Å². The number of hydrogen-bond donors (Lipinski definition) is 3. The summed E-state index contributed by atoms with van der Waals surface area (Å²) in [5, 5.41) is 13.7. The van der Waals surface area contributed by atoms with Crippen LogP contribution in [0.3, 0.4) is 0 Å². The molecule has 9 heteroatoms. The van der Waals surface area contributed by atoms with Crippen LogP contribution in [0.2, 0.25) is 0 Å². The first kappa shape index (κ1) is 22.7. The Bertz CT molecular complexity index is 1500. The number of para-hydroxylation sites is 1. The summed E-state index contributed by atoms with van der Waals surface area (Å²) < 4.78 is 1.78. The Labute approximate surface area is 207 Å². The minimum absolute atomic E-state index is 0.246. The highest BCUT2D eigenvalue weighted by Crippen LogP contribution is 2.16. The monoisotopic (exact) mass is 477 g/mol. The van der Waals surface area contributed by atoms with Gasteiger partial charge in [-0.3, -0.25) is 9.78 Å². The first-order chi connectivity index (χ1) is 17.6. The first-order valence-corrected chi connectivity index (χ1v) is 11.3. The van der Waals surface area contributed by atoms with E-state index in [4.69, 9.17) is 0 Å². The maximum absolute atomic E-state index is 12.8. The summed E-state index contributed by atoms with van der Waals surface area (Å²) in [7, 11) is 0. The lowest BCUT2D eigenvalue weighted by Gasteiger charge is -2.10. The van der Waals surface area contributed by atoms with Gasteiger partial charge in [-0.15, -0.1) is 0 Å². The SMILES string of the molecule is O=C(Nc1ccccc1)Nc1cccc(CNC(=O)c2cnc3c(cnn3Cc3cccnc3)c2)c1. The average molecular weight is 478 g/mol. The number of pyridine rings is 2. The molecule has 0 saturated heterocycles. The Kier molecular flexibility index (Phi) is 6.61. The van der Waals surface area contributed by atoms with Crippen molar-refractivity contribution in [2.24, 2.45) is 0 Å². The molecule has 3 amide bonds. The standard InChI is InChI=1S/C27H23N7O2/c35-26(22-13-21-17-31-34(25(21)29-16-22)18-20-7-5-11-28-14-20)30-15-19-6-4-10-24(12-19)33-27(36)32-23-8-2-1-3-9-23/h1-14,16-17H,15,18H2,(H,30,35)(H2,32,33,36). The number of rotatable bonds is 7. The van der Waals surface area contributed by atoms with Gasteiger partial charge in [-0.2, -0.15) is 5.10 Å². The van der Waals surface area contributed by atoms with E-state index in [9.17, 15) is 9.59 Å². The second-order valence-electron chi connectivity index (χ2n) is 8.13. The third-order valence-corrected chi connectivity index (χ3v) is 5.46. The smallest absolute Gasteiger partial charge is 0.323 e. The molecule has 3 aromatic heterocycles. The molecule has 36 heavy (non-hydrogen) atoms. The van der Waals surface area contributed by atoms with E-state index in [1.54, 1.807) is 41.6 Å². The molecule has 3 N–H and O–H groups in total. The fourth-order valence-corrected chi connectivity index (χ4v) is 3.73. The lowest BCUT2D eigenvalue weighted by Crippen LogP contribution is -2.23.